The molecule has 1 saturated heterocycles. The zero-order valence-corrected chi connectivity index (χ0v) is 12.7. The van der Waals surface area contributed by atoms with Crippen LogP contribution in [0.4, 0.5) is 5.69 Å². The quantitative estimate of drug-likeness (QED) is 0.828. The minimum atomic E-state index is -0.452. The van der Waals surface area contributed by atoms with Crippen LogP contribution in [0.3, 0.4) is 0 Å². The van der Waals surface area contributed by atoms with Gasteiger partial charge >= 0.3 is 0 Å². The summed E-state index contributed by atoms with van der Waals surface area (Å²) >= 11 is 0. The highest BCUT2D eigenvalue weighted by Crippen LogP contribution is 2.22. The molecular weight excluding hydrogens is 252 g/mol. The van der Waals surface area contributed by atoms with E-state index in [1.807, 2.05) is 25.1 Å². The molecule has 1 fully saturated rings. The first-order valence-corrected chi connectivity index (χ1v) is 7.37. The standard InChI is InChI=1S/C16H26N2O2/c1-11-4-5-14(8-15(11)17)16(19)6-7-18-9-12(2)20-13(3)10-18/h4-5,8,12-13,16,19H,6-7,9-10,17H2,1-3H3. The molecule has 0 radical (unpaired) electrons. The molecule has 4 nitrogen and oxygen atoms in total. The van der Waals surface area contributed by atoms with Crippen molar-refractivity contribution in [1.82, 2.24) is 4.90 Å². The SMILES string of the molecule is Cc1ccc(C(O)CCN2CC(C)OC(C)C2)cc1N. The first-order chi connectivity index (χ1) is 9.45. The molecule has 3 N–H and O–H groups in total. The average molecular weight is 278 g/mol. The fourth-order valence-corrected chi connectivity index (χ4v) is 2.80. The molecule has 1 aromatic rings. The van der Waals surface area contributed by atoms with Gasteiger partial charge in [0.15, 0.2) is 0 Å². The Hall–Kier alpha value is -1.10. The van der Waals surface area contributed by atoms with E-state index in [1.165, 1.54) is 0 Å². The van der Waals surface area contributed by atoms with E-state index in [9.17, 15) is 5.11 Å². The van der Waals surface area contributed by atoms with Gasteiger partial charge in [0, 0.05) is 25.3 Å². The summed E-state index contributed by atoms with van der Waals surface area (Å²) in [5.74, 6) is 0. The highest BCUT2D eigenvalue weighted by molar-refractivity contribution is 5.48. The molecule has 2 rings (SSSR count). The lowest BCUT2D eigenvalue weighted by molar-refractivity contribution is -0.0702. The Balaban J connectivity index is 1.88. The largest absolute Gasteiger partial charge is 0.399 e. The van der Waals surface area contributed by atoms with E-state index in [2.05, 4.69) is 18.7 Å². The van der Waals surface area contributed by atoms with E-state index < -0.39 is 6.10 Å². The number of morpholine rings is 1. The van der Waals surface area contributed by atoms with E-state index >= 15 is 0 Å². The number of anilines is 1. The van der Waals surface area contributed by atoms with Crippen molar-refractivity contribution in [1.29, 1.82) is 0 Å². The van der Waals surface area contributed by atoms with E-state index in [-0.39, 0.29) is 12.2 Å². The molecule has 0 aliphatic carbocycles. The summed E-state index contributed by atoms with van der Waals surface area (Å²) in [6.45, 7) is 8.93. The molecule has 1 aromatic carbocycles. The van der Waals surface area contributed by atoms with Crippen LogP contribution in [0.1, 0.15) is 37.5 Å². The predicted molar refractivity (Wildman–Crippen MR) is 81.6 cm³/mol. The zero-order valence-electron chi connectivity index (χ0n) is 12.7. The number of rotatable bonds is 4. The number of ether oxygens (including phenoxy) is 1. The topological polar surface area (TPSA) is 58.7 Å². The molecule has 0 aromatic heterocycles. The van der Waals surface area contributed by atoms with Crippen molar-refractivity contribution in [3.05, 3.63) is 29.3 Å². The normalized spacial score (nSPS) is 25.6. The Morgan fingerprint density at radius 2 is 2.00 bits per heavy atom. The summed E-state index contributed by atoms with van der Waals surface area (Å²) in [6, 6.07) is 5.80. The van der Waals surface area contributed by atoms with Gasteiger partial charge in [-0.25, -0.2) is 0 Å². The first-order valence-electron chi connectivity index (χ1n) is 7.37. The van der Waals surface area contributed by atoms with Gasteiger partial charge in [0.1, 0.15) is 0 Å². The van der Waals surface area contributed by atoms with Crippen molar-refractivity contribution in [2.75, 3.05) is 25.4 Å². The molecule has 3 atom stereocenters. The van der Waals surface area contributed by atoms with Crippen LogP contribution in [-0.2, 0) is 4.74 Å². The number of hydrogen-bond donors (Lipinski definition) is 2. The van der Waals surface area contributed by atoms with Gasteiger partial charge in [-0.2, -0.15) is 0 Å². The average Bonchev–Trinajstić information content (AvgIpc) is 2.38. The van der Waals surface area contributed by atoms with Crippen LogP contribution in [0.2, 0.25) is 0 Å². The maximum atomic E-state index is 10.3. The lowest BCUT2D eigenvalue weighted by Gasteiger charge is -2.35. The lowest BCUT2D eigenvalue weighted by atomic mass is 10.0. The predicted octanol–water partition coefficient (Wildman–Crippen LogP) is 2.11. The number of aliphatic hydroxyl groups excluding tert-OH is 1. The molecule has 112 valence electrons. The number of hydrogen-bond acceptors (Lipinski definition) is 4. The summed E-state index contributed by atoms with van der Waals surface area (Å²) in [4.78, 5) is 2.36. The number of nitrogen functional groups attached to an aromatic ring is 1. The highest BCUT2D eigenvalue weighted by atomic mass is 16.5. The van der Waals surface area contributed by atoms with Gasteiger partial charge in [-0.15, -0.1) is 0 Å². The minimum absolute atomic E-state index is 0.269. The fraction of sp³-hybridized carbons (Fsp3) is 0.625. The molecule has 1 heterocycles. The Labute approximate surface area is 121 Å². The van der Waals surface area contributed by atoms with Crippen LogP contribution < -0.4 is 5.73 Å². The fourth-order valence-electron chi connectivity index (χ4n) is 2.80. The first kappa shape index (κ1) is 15.3. The van der Waals surface area contributed by atoms with Gasteiger partial charge in [0.25, 0.3) is 0 Å². The number of nitrogens with two attached hydrogens (primary N) is 1. The Morgan fingerprint density at radius 1 is 1.35 bits per heavy atom. The molecule has 20 heavy (non-hydrogen) atoms. The number of benzene rings is 1. The summed E-state index contributed by atoms with van der Waals surface area (Å²) < 4.78 is 5.72. The van der Waals surface area contributed by atoms with Crippen molar-refractivity contribution in [3.8, 4) is 0 Å². The second kappa shape index (κ2) is 6.57. The lowest BCUT2D eigenvalue weighted by Crippen LogP contribution is -2.45. The number of aryl methyl sites for hydroxylation is 1. The molecule has 0 amide bonds. The smallest absolute Gasteiger partial charge is 0.0803 e. The van der Waals surface area contributed by atoms with Gasteiger partial charge in [0.2, 0.25) is 0 Å². The van der Waals surface area contributed by atoms with Crippen LogP contribution in [0.25, 0.3) is 0 Å². The third-order valence-corrected chi connectivity index (χ3v) is 3.90. The third-order valence-electron chi connectivity index (χ3n) is 3.90. The highest BCUT2D eigenvalue weighted by Gasteiger charge is 2.22. The Morgan fingerprint density at radius 3 is 2.60 bits per heavy atom. The molecule has 3 unspecified atom stereocenters. The van der Waals surface area contributed by atoms with Crippen LogP contribution in [0, 0.1) is 6.92 Å². The van der Waals surface area contributed by atoms with Gasteiger partial charge in [-0.3, -0.25) is 4.90 Å². The summed E-state index contributed by atoms with van der Waals surface area (Å²) in [5, 5.41) is 10.3. The molecule has 0 saturated carbocycles. The summed E-state index contributed by atoms with van der Waals surface area (Å²) in [7, 11) is 0. The second-order valence-corrected chi connectivity index (χ2v) is 5.94. The monoisotopic (exact) mass is 278 g/mol. The molecular formula is C16H26N2O2. The molecule has 0 bridgehead atoms. The van der Waals surface area contributed by atoms with Gasteiger partial charge in [0.05, 0.1) is 18.3 Å². The molecule has 0 spiro atoms. The van der Waals surface area contributed by atoms with Gasteiger partial charge in [-0.05, 0) is 44.4 Å². The Kier molecular flexibility index (Phi) is 5.02. The van der Waals surface area contributed by atoms with E-state index in [0.717, 1.165) is 42.9 Å². The number of nitrogens with zero attached hydrogens (tertiary/aromatic N) is 1. The second-order valence-electron chi connectivity index (χ2n) is 5.94. The maximum absolute atomic E-state index is 10.3. The van der Waals surface area contributed by atoms with E-state index in [4.69, 9.17) is 10.5 Å². The van der Waals surface area contributed by atoms with Crippen LogP contribution in [0.15, 0.2) is 18.2 Å². The summed E-state index contributed by atoms with van der Waals surface area (Å²) in [5.41, 5.74) is 8.60. The van der Waals surface area contributed by atoms with Crippen molar-refractivity contribution in [2.24, 2.45) is 0 Å². The van der Waals surface area contributed by atoms with Crippen molar-refractivity contribution in [2.45, 2.75) is 45.5 Å². The Bertz CT molecular complexity index is 440. The third kappa shape index (κ3) is 3.95. The molecule has 1 aliphatic heterocycles. The minimum Gasteiger partial charge on any atom is -0.399 e. The van der Waals surface area contributed by atoms with Crippen LogP contribution in [-0.4, -0.2) is 41.8 Å². The zero-order chi connectivity index (χ0) is 14.7. The van der Waals surface area contributed by atoms with Gasteiger partial charge in [-0.1, -0.05) is 12.1 Å². The van der Waals surface area contributed by atoms with E-state index in [0.29, 0.717) is 0 Å². The van der Waals surface area contributed by atoms with Gasteiger partial charge < -0.3 is 15.6 Å². The van der Waals surface area contributed by atoms with Crippen molar-refractivity contribution < 1.29 is 9.84 Å². The van der Waals surface area contributed by atoms with Crippen molar-refractivity contribution >= 4 is 5.69 Å². The van der Waals surface area contributed by atoms with E-state index in [1.54, 1.807) is 0 Å². The number of aliphatic hydroxyl groups is 1. The summed E-state index contributed by atoms with van der Waals surface area (Å²) in [6.07, 6.45) is 0.810. The van der Waals surface area contributed by atoms with Crippen LogP contribution in [0.5, 0.6) is 0 Å². The molecule has 1 aliphatic rings. The van der Waals surface area contributed by atoms with Crippen LogP contribution >= 0.6 is 0 Å². The van der Waals surface area contributed by atoms with Crippen molar-refractivity contribution in [3.63, 3.8) is 0 Å². The molecule has 4 heteroatoms. The maximum Gasteiger partial charge on any atom is 0.0803 e.